The molecule has 0 bridgehead atoms. The molecular formula is C13H9BrN2O3S. The topological polar surface area (TPSA) is 75.0 Å². The van der Waals surface area contributed by atoms with Crippen molar-refractivity contribution in [3.05, 3.63) is 49.0 Å². The van der Waals surface area contributed by atoms with Crippen LogP contribution in [0.3, 0.4) is 0 Å². The van der Waals surface area contributed by atoms with Gasteiger partial charge in [0.05, 0.1) is 18.1 Å². The fraction of sp³-hybridized carbons (Fsp3) is 0.0769. The number of thiophene rings is 1. The second-order valence-corrected chi connectivity index (χ2v) is 5.87. The molecule has 20 heavy (non-hydrogen) atoms. The normalized spacial score (nSPS) is 10.9. The Morgan fingerprint density at radius 1 is 1.30 bits per heavy atom. The zero-order valence-electron chi connectivity index (χ0n) is 10.3. The van der Waals surface area contributed by atoms with Crippen molar-refractivity contribution in [1.82, 2.24) is 9.97 Å². The number of H-pyrrole nitrogens is 2. The van der Waals surface area contributed by atoms with Crippen LogP contribution in [0.4, 0.5) is 0 Å². The van der Waals surface area contributed by atoms with E-state index in [1.807, 2.05) is 0 Å². The summed E-state index contributed by atoms with van der Waals surface area (Å²) >= 11 is 4.69. The van der Waals surface area contributed by atoms with Gasteiger partial charge < -0.3 is 14.7 Å². The molecule has 2 aromatic heterocycles. The number of hydrogen-bond acceptors (Lipinski definition) is 4. The van der Waals surface area contributed by atoms with Gasteiger partial charge in [-0.25, -0.2) is 4.79 Å². The third-order valence-electron chi connectivity index (χ3n) is 2.90. The number of hydrogen-bond donors (Lipinski definition) is 2. The van der Waals surface area contributed by atoms with E-state index in [1.165, 1.54) is 18.4 Å². The molecule has 2 N–H and O–H groups in total. The molecule has 0 aliphatic carbocycles. The van der Waals surface area contributed by atoms with Gasteiger partial charge in [-0.05, 0) is 39.5 Å². The monoisotopic (exact) mass is 352 g/mol. The second-order valence-electron chi connectivity index (χ2n) is 4.10. The van der Waals surface area contributed by atoms with Gasteiger partial charge in [0.25, 0.3) is 0 Å². The Morgan fingerprint density at radius 3 is 2.70 bits per heavy atom. The van der Waals surface area contributed by atoms with Crippen molar-refractivity contribution in [3.63, 3.8) is 0 Å². The van der Waals surface area contributed by atoms with E-state index in [0.717, 1.165) is 0 Å². The Labute approximate surface area is 125 Å². The average molecular weight is 353 g/mol. The van der Waals surface area contributed by atoms with Crippen LogP contribution in [0.2, 0.25) is 0 Å². The highest BCUT2D eigenvalue weighted by atomic mass is 79.9. The molecule has 0 fully saturated rings. The summed E-state index contributed by atoms with van der Waals surface area (Å²) in [5, 5.41) is 1.80. The van der Waals surface area contributed by atoms with Crippen LogP contribution in [0.1, 0.15) is 15.2 Å². The van der Waals surface area contributed by atoms with E-state index in [-0.39, 0.29) is 11.5 Å². The maximum absolute atomic E-state index is 12.6. The van der Waals surface area contributed by atoms with Gasteiger partial charge in [0, 0.05) is 10.0 Å². The first-order chi connectivity index (χ1) is 9.60. The Bertz CT molecular complexity index is 862. The average Bonchev–Trinajstić information content (AvgIpc) is 3.01. The van der Waals surface area contributed by atoms with Crippen LogP contribution in [0.25, 0.3) is 11.0 Å². The summed E-state index contributed by atoms with van der Waals surface area (Å²) in [6.07, 6.45) is 0. The van der Waals surface area contributed by atoms with Crippen molar-refractivity contribution >= 4 is 44.1 Å². The standard InChI is InChI=1S/C13H9BrN2O3S/c1-19-10-2-3-20-12(10)11(17)6-4-8-9(5-7(6)14)16-13(18)15-8/h2-5H,1H3,(H2,15,16,18). The number of rotatable bonds is 3. The quantitative estimate of drug-likeness (QED) is 0.711. The van der Waals surface area contributed by atoms with Crippen molar-refractivity contribution in [3.8, 4) is 5.75 Å². The van der Waals surface area contributed by atoms with Crippen LogP contribution in [0.5, 0.6) is 5.75 Å². The lowest BCUT2D eigenvalue weighted by molar-refractivity contribution is 0.103. The molecule has 3 aromatic rings. The summed E-state index contributed by atoms with van der Waals surface area (Å²) in [6, 6.07) is 5.11. The number of aromatic nitrogens is 2. The summed E-state index contributed by atoms with van der Waals surface area (Å²) in [4.78, 5) is 29.7. The number of ketones is 1. The zero-order valence-corrected chi connectivity index (χ0v) is 12.7. The fourth-order valence-corrected chi connectivity index (χ4v) is 3.31. The molecule has 1 aromatic carbocycles. The van der Waals surface area contributed by atoms with E-state index in [4.69, 9.17) is 4.74 Å². The molecule has 0 radical (unpaired) electrons. The molecule has 3 rings (SSSR count). The van der Waals surface area contributed by atoms with Crippen molar-refractivity contribution in [2.24, 2.45) is 0 Å². The Hall–Kier alpha value is -1.86. The zero-order chi connectivity index (χ0) is 14.3. The molecule has 0 aliphatic heterocycles. The third-order valence-corrected chi connectivity index (χ3v) is 4.45. The molecule has 0 saturated heterocycles. The Morgan fingerprint density at radius 2 is 2.00 bits per heavy atom. The molecule has 0 spiro atoms. The van der Waals surface area contributed by atoms with Gasteiger partial charge in [-0.1, -0.05) is 0 Å². The predicted molar refractivity (Wildman–Crippen MR) is 80.9 cm³/mol. The van der Waals surface area contributed by atoms with Crippen molar-refractivity contribution in [2.45, 2.75) is 0 Å². The van der Waals surface area contributed by atoms with Crippen LogP contribution in [0, 0.1) is 0 Å². The molecule has 7 heteroatoms. The van der Waals surface area contributed by atoms with E-state index in [2.05, 4.69) is 25.9 Å². The lowest BCUT2D eigenvalue weighted by atomic mass is 10.1. The lowest BCUT2D eigenvalue weighted by Crippen LogP contribution is -2.02. The lowest BCUT2D eigenvalue weighted by Gasteiger charge is -2.04. The van der Waals surface area contributed by atoms with Crippen LogP contribution >= 0.6 is 27.3 Å². The number of methoxy groups -OCH3 is 1. The molecular weight excluding hydrogens is 344 g/mol. The number of nitrogens with one attached hydrogen (secondary N) is 2. The molecule has 2 heterocycles. The molecule has 5 nitrogen and oxygen atoms in total. The number of imidazole rings is 1. The van der Waals surface area contributed by atoms with Crippen LogP contribution in [-0.4, -0.2) is 22.9 Å². The number of fused-ring (bicyclic) bond motifs is 1. The summed E-state index contributed by atoms with van der Waals surface area (Å²) < 4.78 is 5.80. The first-order valence-corrected chi connectivity index (χ1v) is 7.35. The van der Waals surface area contributed by atoms with Crippen molar-refractivity contribution in [1.29, 1.82) is 0 Å². The molecule has 102 valence electrons. The Balaban J connectivity index is 2.16. The van der Waals surface area contributed by atoms with Gasteiger partial charge in [-0.15, -0.1) is 11.3 Å². The third kappa shape index (κ3) is 2.08. The fourth-order valence-electron chi connectivity index (χ4n) is 1.98. The number of halogens is 1. The maximum Gasteiger partial charge on any atom is 0.323 e. The van der Waals surface area contributed by atoms with E-state index >= 15 is 0 Å². The molecule has 0 amide bonds. The molecule has 0 saturated carbocycles. The van der Waals surface area contributed by atoms with Crippen LogP contribution in [0.15, 0.2) is 32.8 Å². The van der Waals surface area contributed by atoms with E-state index < -0.39 is 0 Å². The van der Waals surface area contributed by atoms with Gasteiger partial charge >= 0.3 is 5.69 Å². The molecule has 0 unspecified atom stereocenters. The van der Waals surface area contributed by atoms with Crippen LogP contribution in [-0.2, 0) is 0 Å². The van der Waals surface area contributed by atoms with Gasteiger partial charge in [0.2, 0.25) is 5.78 Å². The number of benzene rings is 1. The summed E-state index contributed by atoms with van der Waals surface area (Å²) in [6.45, 7) is 0. The first-order valence-electron chi connectivity index (χ1n) is 5.68. The number of ether oxygens (including phenoxy) is 1. The second kappa shape index (κ2) is 4.92. The minimum Gasteiger partial charge on any atom is -0.495 e. The highest BCUT2D eigenvalue weighted by molar-refractivity contribution is 9.10. The number of aromatic amines is 2. The van der Waals surface area contributed by atoms with Gasteiger partial charge in [-0.3, -0.25) is 4.79 Å². The SMILES string of the molecule is COc1ccsc1C(=O)c1cc2[nH]c(=O)[nH]c2cc1Br. The predicted octanol–water partition coefficient (Wildman–Crippen LogP) is 2.92. The van der Waals surface area contributed by atoms with Crippen molar-refractivity contribution in [2.75, 3.05) is 7.11 Å². The summed E-state index contributed by atoms with van der Waals surface area (Å²) in [7, 11) is 1.53. The van der Waals surface area contributed by atoms with Crippen molar-refractivity contribution < 1.29 is 9.53 Å². The van der Waals surface area contributed by atoms with Gasteiger partial charge in [0.15, 0.2) is 0 Å². The maximum atomic E-state index is 12.6. The van der Waals surface area contributed by atoms with E-state index in [9.17, 15) is 9.59 Å². The van der Waals surface area contributed by atoms with E-state index in [1.54, 1.807) is 23.6 Å². The number of carbonyl (C=O) groups excluding carboxylic acids is 1. The molecule has 0 aliphatic rings. The largest absolute Gasteiger partial charge is 0.495 e. The molecule has 0 atom stereocenters. The first kappa shape index (κ1) is 13.1. The van der Waals surface area contributed by atoms with Crippen LogP contribution < -0.4 is 10.4 Å². The summed E-state index contributed by atoms with van der Waals surface area (Å²) in [5.74, 6) is 0.405. The van der Waals surface area contributed by atoms with Gasteiger partial charge in [0.1, 0.15) is 10.6 Å². The minimum absolute atomic E-state index is 0.146. The number of carbonyl (C=O) groups is 1. The van der Waals surface area contributed by atoms with E-state index in [0.29, 0.717) is 31.7 Å². The smallest absolute Gasteiger partial charge is 0.323 e. The highest BCUT2D eigenvalue weighted by Gasteiger charge is 2.19. The highest BCUT2D eigenvalue weighted by Crippen LogP contribution is 2.31. The van der Waals surface area contributed by atoms with Gasteiger partial charge in [-0.2, -0.15) is 0 Å². The summed E-state index contributed by atoms with van der Waals surface area (Å²) in [5.41, 5.74) is 1.42. The Kier molecular flexibility index (Phi) is 3.23. The minimum atomic E-state index is -0.301.